The van der Waals surface area contributed by atoms with Gasteiger partial charge in [-0.15, -0.1) is 0 Å². The van der Waals surface area contributed by atoms with Crippen LogP contribution in [-0.4, -0.2) is 33.6 Å². The molecule has 0 radical (unpaired) electrons. The number of carbonyl (C=O) groups is 2. The topological polar surface area (TPSA) is 90.9 Å². The molecule has 3 amide bonds. The Labute approximate surface area is 174 Å². The van der Waals surface area contributed by atoms with Crippen LogP contribution in [0.3, 0.4) is 0 Å². The lowest BCUT2D eigenvalue weighted by molar-refractivity contribution is -0.132. The highest BCUT2D eigenvalue weighted by atomic mass is 16.5. The maximum absolute atomic E-state index is 12.4. The molecule has 0 aliphatic carbocycles. The number of amides is 3. The van der Waals surface area contributed by atoms with Crippen molar-refractivity contribution in [2.75, 3.05) is 0 Å². The van der Waals surface area contributed by atoms with Crippen molar-refractivity contribution in [3.8, 4) is 11.5 Å². The van der Waals surface area contributed by atoms with E-state index in [1.807, 2.05) is 60.7 Å². The van der Waals surface area contributed by atoms with Gasteiger partial charge in [0.2, 0.25) is 0 Å². The molecule has 3 aromatic rings. The van der Waals surface area contributed by atoms with Crippen LogP contribution in [-0.2, 0) is 11.3 Å². The molecule has 3 N–H and O–H groups in total. The molecule has 3 aromatic carbocycles. The second-order valence-electron chi connectivity index (χ2n) is 7.85. The summed E-state index contributed by atoms with van der Waals surface area (Å²) in [4.78, 5) is 25.8. The summed E-state index contributed by atoms with van der Waals surface area (Å²) >= 11 is 0. The van der Waals surface area contributed by atoms with E-state index in [9.17, 15) is 9.59 Å². The predicted octanol–water partition coefficient (Wildman–Crippen LogP) is 3.81. The van der Waals surface area contributed by atoms with Gasteiger partial charge < -0.3 is 15.0 Å². The van der Waals surface area contributed by atoms with Gasteiger partial charge in [0, 0.05) is 6.54 Å². The van der Waals surface area contributed by atoms with Crippen molar-refractivity contribution in [3.05, 3.63) is 72.3 Å². The van der Waals surface area contributed by atoms with E-state index in [4.69, 9.17) is 9.94 Å². The molecule has 1 saturated heterocycles. The Morgan fingerprint density at radius 3 is 2.43 bits per heavy atom. The zero-order chi connectivity index (χ0) is 21.3. The van der Waals surface area contributed by atoms with Crippen molar-refractivity contribution in [3.63, 3.8) is 0 Å². The predicted molar refractivity (Wildman–Crippen MR) is 112 cm³/mol. The van der Waals surface area contributed by atoms with Gasteiger partial charge in [0.15, 0.2) is 0 Å². The Bertz CT molecular complexity index is 1100. The molecule has 154 valence electrons. The van der Waals surface area contributed by atoms with E-state index in [0.717, 1.165) is 22.1 Å². The first-order valence-corrected chi connectivity index (χ1v) is 9.66. The van der Waals surface area contributed by atoms with E-state index in [0.29, 0.717) is 12.3 Å². The van der Waals surface area contributed by atoms with Gasteiger partial charge in [0.25, 0.3) is 5.91 Å². The standard InChI is InChI=1S/C23H23N3O4/c1-23(2)20(21(27)25-29)24-22(28)26(23)14-15-7-10-18(11-8-15)30-19-12-9-16-5-3-4-6-17(16)13-19/h3-13,20,29H,14H2,1-2H3,(H,24,28)(H,25,27)/t20-/m0/s1. The summed E-state index contributed by atoms with van der Waals surface area (Å²) in [6.07, 6.45) is 0. The Morgan fingerprint density at radius 1 is 1.07 bits per heavy atom. The number of fused-ring (bicyclic) bond motifs is 1. The second kappa shape index (κ2) is 7.68. The van der Waals surface area contributed by atoms with E-state index in [1.165, 1.54) is 0 Å². The average Bonchev–Trinajstić information content (AvgIpc) is 2.97. The summed E-state index contributed by atoms with van der Waals surface area (Å²) in [5.41, 5.74) is 1.71. The third kappa shape index (κ3) is 3.67. The lowest BCUT2D eigenvalue weighted by atomic mass is 9.94. The smallest absolute Gasteiger partial charge is 0.318 e. The van der Waals surface area contributed by atoms with Gasteiger partial charge in [-0.3, -0.25) is 10.0 Å². The summed E-state index contributed by atoms with van der Waals surface area (Å²) in [7, 11) is 0. The van der Waals surface area contributed by atoms with Crippen molar-refractivity contribution < 1.29 is 19.5 Å². The maximum Gasteiger partial charge on any atom is 0.318 e. The maximum atomic E-state index is 12.4. The van der Waals surface area contributed by atoms with Crippen LogP contribution in [0, 0.1) is 0 Å². The van der Waals surface area contributed by atoms with E-state index >= 15 is 0 Å². The summed E-state index contributed by atoms with van der Waals surface area (Å²) < 4.78 is 5.96. The van der Waals surface area contributed by atoms with E-state index < -0.39 is 17.5 Å². The van der Waals surface area contributed by atoms with E-state index in [1.54, 1.807) is 24.2 Å². The summed E-state index contributed by atoms with van der Waals surface area (Å²) in [5.74, 6) is 0.797. The molecule has 30 heavy (non-hydrogen) atoms. The third-order valence-corrected chi connectivity index (χ3v) is 5.51. The Morgan fingerprint density at radius 2 is 1.73 bits per heavy atom. The fraction of sp³-hybridized carbons (Fsp3) is 0.217. The van der Waals surface area contributed by atoms with E-state index in [-0.39, 0.29) is 6.03 Å². The van der Waals surface area contributed by atoms with Crippen molar-refractivity contribution in [2.45, 2.75) is 32.0 Å². The highest BCUT2D eigenvalue weighted by Crippen LogP contribution is 2.29. The summed E-state index contributed by atoms with van der Waals surface area (Å²) in [6, 6.07) is 20.3. The van der Waals surface area contributed by atoms with Gasteiger partial charge in [-0.05, 0) is 54.4 Å². The van der Waals surface area contributed by atoms with Crippen LogP contribution in [0.5, 0.6) is 11.5 Å². The van der Waals surface area contributed by atoms with Crippen LogP contribution in [0.25, 0.3) is 10.8 Å². The first-order chi connectivity index (χ1) is 14.4. The summed E-state index contributed by atoms with van der Waals surface area (Å²) in [6.45, 7) is 3.88. The molecule has 1 atom stereocenters. The molecule has 0 unspecified atom stereocenters. The first-order valence-electron chi connectivity index (χ1n) is 9.66. The normalized spacial score (nSPS) is 17.6. The van der Waals surface area contributed by atoms with Gasteiger partial charge in [0.05, 0.1) is 5.54 Å². The van der Waals surface area contributed by atoms with Gasteiger partial charge in [-0.1, -0.05) is 42.5 Å². The fourth-order valence-electron chi connectivity index (χ4n) is 3.73. The zero-order valence-electron chi connectivity index (χ0n) is 16.8. The monoisotopic (exact) mass is 405 g/mol. The molecule has 0 saturated carbocycles. The van der Waals surface area contributed by atoms with Gasteiger partial charge in [-0.25, -0.2) is 10.3 Å². The van der Waals surface area contributed by atoms with Crippen LogP contribution in [0.1, 0.15) is 19.4 Å². The number of carbonyl (C=O) groups excluding carboxylic acids is 2. The highest BCUT2D eigenvalue weighted by Gasteiger charge is 2.49. The molecule has 7 heteroatoms. The van der Waals surface area contributed by atoms with Crippen LogP contribution in [0.4, 0.5) is 4.79 Å². The van der Waals surface area contributed by atoms with Crippen molar-refractivity contribution in [2.24, 2.45) is 0 Å². The number of hydrogen-bond donors (Lipinski definition) is 3. The lowest BCUT2D eigenvalue weighted by Gasteiger charge is -2.33. The highest BCUT2D eigenvalue weighted by molar-refractivity contribution is 5.91. The molecule has 1 fully saturated rings. The second-order valence-corrected chi connectivity index (χ2v) is 7.85. The number of hydroxylamine groups is 1. The van der Waals surface area contributed by atoms with Crippen molar-refractivity contribution in [1.82, 2.24) is 15.7 Å². The fourth-order valence-corrected chi connectivity index (χ4v) is 3.73. The largest absolute Gasteiger partial charge is 0.457 e. The van der Waals surface area contributed by atoms with Crippen LogP contribution in [0.15, 0.2) is 66.7 Å². The molecule has 0 bridgehead atoms. The molecular weight excluding hydrogens is 382 g/mol. The molecular formula is C23H23N3O4. The van der Waals surface area contributed by atoms with Crippen molar-refractivity contribution >= 4 is 22.7 Å². The zero-order valence-corrected chi connectivity index (χ0v) is 16.8. The third-order valence-electron chi connectivity index (χ3n) is 5.51. The average molecular weight is 405 g/mol. The van der Waals surface area contributed by atoms with E-state index in [2.05, 4.69) is 11.4 Å². The number of nitrogens with zero attached hydrogens (tertiary/aromatic N) is 1. The minimum atomic E-state index is -0.842. The molecule has 1 heterocycles. The number of rotatable bonds is 5. The molecule has 0 aromatic heterocycles. The molecule has 1 aliphatic heterocycles. The quantitative estimate of drug-likeness (QED) is 0.445. The van der Waals surface area contributed by atoms with Crippen LogP contribution >= 0.6 is 0 Å². The summed E-state index contributed by atoms with van der Waals surface area (Å²) in [5, 5.41) is 13.8. The van der Waals surface area contributed by atoms with Crippen LogP contribution < -0.4 is 15.5 Å². The van der Waals surface area contributed by atoms with Gasteiger partial charge in [0.1, 0.15) is 17.5 Å². The minimum Gasteiger partial charge on any atom is -0.457 e. The Kier molecular flexibility index (Phi) is 5.05. The number of urea groups is 1. The molecule has 7 nitrogen and oxygen atoms in total. The van der Waals surface area contributed by atoms with Crippen LogP contribution in [0.2, 0.25) is 0 Å². The number of benzene rings is 3. The van der Waals surface area contributed by atoms with Gasteiger partial charge in [-0.2, -0.15) is 0 Å². The Hall–Kier alpha value is -3.58. The molecule has 4 rings (SSSR count). The first kappa shape index (κ1) is 19.7. The Balaban J connectivity index is 1.47. The number of hydrogen-bond acceptors (Lipinski definition) is 4. The van der Waals surface area contributed by atoms with Crippen molar-refractivity contribution in [1.29, 1.82) is 0 Å². The molecule has 0 spiro atoms. The number of ether oxygens (including phenoxy) is 1. The van der Waals surface area contributed by atoms with Gasteiger partial charge >= 0.3 is 6.03 Å². The molecule has 1 aliphatic rings. The SMILES string of the molecule is CC1(C)[C@H](C(=O)NO)NC(=O)N1Cc1ccc(Oc2ccc3ccccc3c2)cc1. The number of nitrogens with one attached hydrogen (secondary N) is 2. The minimum absolute atomic E-state index is 0.324. The lowest BCUT2D eigenvalue weighted by Crippen LogP contribution is -2.53.